The monoisotopic (exact) mass is 653 g/mol. The van der Waals surface area contributed by atoms with Crippen molar-refractivity contribution in [2.75, 3.05) is 5.75 Å². The van der Waals surface area contributed by atoms with Gasteiger partial charge in [-0.1, -0.05) is 13.8 Å². The molecule has 240 valence electrons. The second kappa shape index (κ2) is 13.0. The van der Waals surface area contributed by atoms with Crippen LogP contribution < -0.4 is 21.3 Å². The third-order valence-corrected chi connectivity index (χ3v) is 10.4. The number of nitrogens with one attached hydrogen (secondary N) is 4. The minimum atomic E-state index is -1.08. The molecule has 0 saturated carbocycles. The number of thiol groups is 2. The number of H-pyrrole nitrogens is 2. The molecule has 3 aliphatic heterocycles. The molecule has 5 heterocycles. The van der Waals surface area contributed by atoms with E-state index in [9.17, 15) is 29.7 Å². The van der Waals surface area contributed by atoms with Gasteiger partial charge in [-0.25, -0.2) is 4.79 Å². The Bertz CT molecular complexity index is 1760. The predicted octanol–water partition coefficient (Wildman–Crippen LogP) is 1.53. The first kappa shape index (κ1) is 32.8. The summed E-state index contributed by atoms with van der Waals surface area (Å²) in [6.07, 6.45) is 7.94. The lowest BCUT2D eigenvalue weighted by Gasteiger charge is -2.19. The zero-order valence-corrected chi connectivity index (χ0v) is 27.7. The van der Waals surface area contributed by atoms with Gasteiger partial charge in [0.25, 0.3) is 5.91 Å². The zero-order valence-electron chi connectivity index (χ0n) is 25.9. The van der Waals surface area contributed by atoms with Crippen LogP contribution >= 0.6 is 12.6 Å². The van der Waals surface area contributed by atoms with Gasteiger partial charge < -0.3 is 35.9 Å². The Hall–Kier alpha value is -3.61. The van der Waals surface area contributed by atoms with Crippen molar-refractivity contribution < 1.29 is 29.7 Å². The van der Waals surface area contributed by atoms with Crippen molar-refractivity contribution in [3.05, 3.63) is 67.3 Å². The lowest BCUT2D eigenvalue weighted by atomic mass is 9.91. The molecule has 0 bridgehead atoms. The standard InChI is InChI=1S/C33H40N4O6S2/c1-14-19(6-8-28(38)39)24(34-21(14)10-23-16(3)31(27-13-45-27)33(43)36-23)12-25-20(7-9-29(40)41)15(2)22(35-25)11-26-30(18(5)44)17(4)32(42)37-26/h7,9-12,17-18,23,27,30,32,34-35,37,42,44H,6,8,13H2,1-5H3,(H,36,43)(H,38,39)(H,40,41)/p+1/b9-7-,21-10+,24-12-,26-11-/t17-,18+,23-,27-,30+,32?/m1/s1. The second-order valence-electron chi connectivity index (χ2n) is 12.2. The Kier molecular flexibility index (Phi) is 9.48. The predicted molar refractivity (Wildman–Crippen MR) is 181 cm³/mol. The van der Waals surface area contributed by atoms with Gasteiger partial charge >= 0.3 is 11.9 Å². The molecule has 12 heteroatoms. The molecule has 2 saturated heterocycles. The first-order valence-corrected chi connectivity index (χ1v) is 16.7. The Morgan fingerprint density at radius 2 is 1.78 bits per heavy atom. The summed E-state index contributed by atoms with van der Waals surface area (Å²) >= 11 is 5.93. The van der Waals surface area contributed by atoms with E-state index in [0.29, 0.717) is 21.9 Å². The van der Waals surface area contributed by atoms with Crippen LogP contribution in [-0.2, 0) is 32.6 Å². The molecule has 3 aliphatic rings. The average Bonchev–Trinajstić information content (AvgIpc) is 3.52. The Morgan fingerprint density at radius 3 is 2.40 bits per heavy atom. The van der Waals surface area contributed by atoms with Crippen molar-refractivity contribution in [3.8, 4) is 0 Å². The van der Waals surface area contributed by atoms with Crippen LogP contribution in [0.2, 0.25) is 0 Å². The van der Waals surface area contributed by atoms with Crippen LogP contribution in [0, 0.1) is 25.7 Å². The van der Waals surface area contributed by atoms with E-state index < -0.39 is 18.2 Å². The first-order chi connectivity index (χ1) is 21.3. The molecular formula is C33H41N4O6S2+. The lowest BCUT2D eigenvalue weighted by molar-refractivity contribution is -0.137. The summed E-state index contributed by atoms with van der Waals surface area (Å²) in [6, 6.07) is -0.264. The summed E-state index contributed by atoms with van der Waals surface area (Å²) in [5.41, 5.74) is 7.30. The Labute approximate surface area is 271 Å². The van der Waals surface area contributed by atoms with Crippen LogP contribution in [0.25, 0.3) is 24.3 Å². The number of carbonyl (C=O) groups is 3. The number of carbonyl (C=O) groups excluding carboxylic acids is 1. The third kappa shape index (κ3) is 6.83. The van der Waals surface area contributed by atoms with Crippen LogP contribution in [0.5, 0.6) is 0 Å². The third-order valence-electron chi connectivity index (χ3n) is 9.10. The number of hydrogen-bond donors (Lipinski definition) is 8. The number of rotatable bonds is 10. The largest absolute Gasteiger partial charge is 0.481 e. The molecule has 45 heavy (non-hydrogen) atoms. The summed E-state index contributed by atoms with van der Waals surface area (Å²) < 4.78 is 0. The molecule has 2 fully saturated rings. The number of aliphatic carboxylic acids is 2. The van der Waals surface area contributed by atoms with Crippen LogP contribution in [-0.4, -0.2) is 71.7 Å². The Balaban J connectivity index is 1.65. The lowest BCUT2D eigenvalue weighted by Crippen LogP contribution is -2.29. The average molecular weight is 654 g/mol. The maximum Gasteiger partial charge on any atom is 0.328 e. The van der Waals surface area contributed by atoms with E-state index in [2.05, 4.69) is 33.2 Å². The van der Waals surface area contributed by atoms with Gasteiger partial charge in [0.2, 0.25) is 0 Å². The van der Waals surface area contributed by atoms with Gasteiger partial charge in [-0.2, -0.15) is 12.6 Å². The molecule has 2 aromatic rings. The summed E-state index contributed by atoms with van der Waals surface area (Å²) in [7, 11) is 0. The van der Waals surface area contributed by atoms with Gasteiger partial charge in [0.1, 0.15) is 6.23 Å². The summed E-state index contributed by atoms with van der Waals surface area (Å²) in [4.78, 5) is 42.7. The number of aromatic amines is 2. The molecule has 1 amide bonds. The van der Waals surface area contributed by atoms with Crippen molar-refractivity contribution >= 4 is 66.5 Å². The maximum atomic E-state index is 12.7. The van der Waals surface area contributed by atoms with E-state index in [1.165, 1.54) is 11.8 Å². The maximum absolute atomic E-state index is 12.7. The number of aliphatic hydroxyl groups is 1. The smallest absolute Gasteiger partial charge is 0.328 e. The molecule has 0 aromatic carbocycles. The minimum Gasteiger partial charge on any atom is -0.481 e. The molecule has 2 aromatic heterocycles. The minimum absolute atomic E-state index is 0.0139. The van der Waals surface area contributed by atoms with Crippen LogP contribution in [0.1, 0.15) is 60.8 Å². The summed E-state index contributed by atoms with van der Waals surface area (Å²) in [6.45, 7) is 9.77. The number of amides is 1. The second-order valence-corrected chi connectivity index (χ2v) is 14.3. The SMILES string of the molecule is CC1=C([C@H]2C[SH+]2)C(=O)N[C@@H]1/C=c1/[nH]/c(=C\c2[nH]c(/C=C3\NC(O)[C@H](C)[C@H]3[C@H](C)S)c(C)c2/C=C\C(=O)O)c(CCC(=O)O)c1C. The van der Waals surface area contributed by atoms with Gasteiger partial charge in [-0.15, -0.1) is 0 Å². The number of allylic oxidation sites excluding steroid dienone is 1. The van der Waals surface area contributed by atoms with Crippen molar-refractivity contribution in [2.24, 2.45) is 11.8 Å². The van der Waals surface area contributed by atoms with E-state index >= 15 is 0 Å². The van der Waals surface area contributed by atoms with E-state index in [0.717, 1.165) is 56.4 Å². The van der Waals surface area contributed by atoms with Crippen LogP contribution in [0.3, 0.4) is 0 Å². The molecule has 1 unspecified atom stereocenters. The molecular weight excluding hydrogens is 613 g/mol. The van der Waals surface area contributed by atoms with Crippen molar-refractivity contribution in [1.82, 2.24) is 20.6 Å². The highest BCUT2D eigenvalue weighted by molar-refractivity contribution is 7.87. The fraction of sp³-hybridized carbons (Fsp3) is 0.424. The van der Waals surface area contributed by atoms with E-state index in [4.69, 9.17) is 0 Å². The normalized spacial score (nSPS) is 27.1. The van der Waals surface area contributed by atoms with E-state index in [1.807, 2.05) is 52.8 Å². The molecule has 0 spiro atoms. The van der Waals surface area contributed by atoms with Crippen molar-refractivity contribution in [3.63, 3.8) is 0 Å². The number of carboxylic acids is 2. The van der Waals surface area contributed by atoms with Gasteiger partial charge in [-0.3, -0.25) is 9.59 Å². The molecule has 5 rings (SSSR count). The quantitative estimate of drug-likeness (QED) is 0.0833. The Morgan fingerprint density at radius 1 is 1.07 bits per heavy atom. The highest BCUT2D eigenvalue weighted by Gasteiger charge is 2.46. The van der Waals surface area contributed by atoms with Crippen LogP contribution in [0.15, 0.2) is 22.9 Å². The molecule has 0 radical (unpaired) electrons. The van der Waals surface area contributed by atoms with Crippen molar-refractivity contribution in [2.45, 2.75) is 70.2 Å². The van der Waals surface area contributed by atoms with Gasteiger partial charge in [-0.05, 0) is 85.5 Å². The molecule has 7 N–H and O–H groups in total. The number of aliphatic hydroxyl groups excluding tert-OH is 1. The number of hydrogen-bond acceptors (Lipinski definition) is 6. The number of carboxylic acid groups (broad SMARTS) is 2. The van der Waals surface area contributed by atoms with Crippen LogP contribution in [0.4, 0.5) is 0 Å². The summed E-state index contributed by atoms with van der Waals surface area (Å²) in [5, 5.41) is 37.4. The number of aromatic nitrogens is 2. The topological polar surface area (TPSA) is 168 Å². The zero-order chi connectivity index (χ0) is 32.7. The first-order valence-electron chi connectivity index (χ1n) is 15.1. The summed E-state index contributed by atoms with van der Waals surface area (Å²) in [5.74, 6) is -1.09. The van der Waals surface area contributed by atoms with Gasteiger partial charge in [0.15, 0.2) is 11.0 Å². The highest BCUT2D eigenvalue weighted by atomic mass is 32.2. The van der Waals surface area contributed by atoms with E-state index in [1.54, 1.807) is 6.08 Å². The fourth-order valence-corrected chi connectivity index (χ4v) is 7.70. The van der Waals surface area contributed by atoms with E-state index in [-0.39, 0.29) is 41.9 Å². The highest BCUT2D eigenvalue weighted by Crippen LogP contribution is 2.36. The van der Waals surface area contributed by atoms with Gasteiger partial charge in [0, 0.05) is 62.9 Å². The molecule has 6 atom stereocenters. The molecule has 0 aliphatic carbocycles. The fourth-order valence-electron chi connectivity index (χ4n) is 6.48. The van der Waals surface area contributed by atoms with Gasteiger partial charge in [0.05, 0.1) is 11.6 Å². The molecule has 10 nitrogen and oxygen atoms in total. The van der Waals surface area contributed by atoms with Crippen molar-refractivity contribution in [1.29, 1.82) is 0 Å².